The van der Waals surface area contributed by atoms with Gasteiger partial charge in [-0.25, -0.2) is 0 Å². The number of rotatable bonds is 2. The molecule has 1 rings (SSSR count). The van der Waals surface area contributed by atoms with Gasteiger partial charge in [-0.2, -0.15) is 0 Å². The van der Waals surface area contributed by atoms with Crippen LogP contribution in [0.4, 0.5) is 0 Å². The van der Waals surface area contributed by atoms with Crippen LogP contribution in [-0.4, -0.2) is 24.3 Å². The predicted octanol–water partition coefficient (Wildman–Crippen LogP) is 2.37. The lowest BCUT2D eigenvalue weighted by Crippen LogP contribution is -2.29. The van der Waals surface area contributed by atoms with Crippen LogP contribution in [0.5, 0.6) is 0 Å². The Hall–Kier alpha value is -0.770. The van der Waals surface area contributed by atoms with Crippen LogP contribution in [0.3, 0.4) is 0 Å². The molecule has 2 unspecified atom stereocenters. The zero-order valence-corrected chi connectivity index (χ0v) is 11.6. The highest BCUT2D eigenvalue weighted by molar-refractivity contribution is 8.13. The molecule has 96 valence electrons. The largest absolute Gasteiger partial charge is 0.359 e. The van der Waals surface area contributed by atoms with E-state index in [0.717, 1.165) is 25.7 Å². The van der Waals surface area contributed by atoms with E-state index in [1.54, 1.807) is 7.05 Å². The molecule has 0 fully saturated rings. The van der Waals surface area contributed by atoms with Gasteiger partial charge in [-0.05, 0) is 32.4 Å². The first-order valence-corrected chi connectivity index (χ1v) is 7.23. The van der Waals surface area contributed by atoms with Crippen molar-refractivity contribution in [1.29, 1.82) is 0 Å². The van der Waals surface area contributed by atoms with E-state index >= 15 is 0 Å². The summed E-state index contributed by atoms with van der Waals surface area (Å²) in [5, 5.41) is 2.91. The molecule has 0 radical (unpaired) electrons. The van der Waals surface area contributed by atoms with Gasteiger partial charge in [0.05, 0.1) is 5.41 Å². The van der Waals surface area contributed by atoms with Crippen LogP contribution in [0.25, 0.3) is 0 Å². The smallest absolute Gasteiger partial charge is 0.223 e. The highest BCUT2D eigenvalue weighted by Gasteiger charge is 2.31. The lowest BCUT2D eigenvalue weighted by atomic mass is 9.81. The summed E-state index contributed by atoms with van der Waals surface area (Å²) in [6, 6.07) is 0. The van der Waals surface area contributed by atoms with Gasteiger partial charge in [0, 0.05) is 13.0 Å². The third kappa shape index (κ3) is 3.60. The quantitative estimate of drug-likeness (QED) is 0.771. The van der Waals surface area contributed by atoms with Gasteiger partial charge in [-0.1, -0.05) is 30.3 Å². The van der Waals surface area contributed by atoms with Gasteiger partial charge in [-0.15, -0.1) is 0 Å². The Kier molecular flexibility index (Phi) is 5.25. The average molecular weight is 255 g/mol. The molecule has 0 aromatic rings. The fourth-order valence-corrected chi connectivity index (χ4v) is 2.89. The highest BCUT2D eigenvalue weighted by atomic mass is 32.2. The Bertz CT molecular complexity index is 327. The third-order valence-corrected chi connectivity index (χ3v) is 4.26. The number of carbonyl (C=O) groups excluding carboxylic acids is 2. The van der Waals surface area contributed by atoms with Gasteiger partial charge in [0.1, 0.15) is 0 Å². The van der Waals surface area contributed by atoms with Crippen molar-refractivity contribution in [1.82, 2.24) is 5.32 Å². The van der Waals surface area contributed by atoms with Crippen LogP contribution in [0.2, 0.25) is 0 Å². The van der Waals surface area contributed by atoms with Crippen molar-refractivity contribution in [2.45, 2.75) is 32.6 Å². The molecule has 0 spiro atoms. The van der Waals surface area contributed by atoms with E-state index < -0.39 is 0 Å². The minimum Gasteiger partial charge on any atom is -0.359 e. The third-order valence-electron chi connectivity index (χ3n) is 3.42. The normalized spacial score (nSPS) is 31.1. The Morgan fingerprint density at radius 3 is 2.76 bits per heavy atom. The minimum absolute atomic E-state index is 0.0604. The standard InChI is InChI=1S/C13H21NO2S/c1-13(12(16)17-3)8-4-6-10(7-5-9-13)11(15)14-2/h4,8,10H,5-7,9H2,1-3H3,(H,14,15)/b8-4+. The van der Waals surface area contributed by atoms with E-state index in [4.69, 9.17) is 0 Å². The summed E-state index contributed by atoms with van der Waals surface area (Å²) < 4.78 is 0. The fraction of sp³-hybridized carbons (Fsp3) is 0.692. The number of carbonyl (C=O) groups is 2. The molecule has 0 aromatic heterocycles. The second-order valence-electron chi connectivity index (χ2n) is 4.75. The Balaban J connectivity index is 2.73. The van der Waals surface area contributed by atoms with Gasteiger partial charge in [0.2, 0.25) is 5.91 Å². The van der Waals surface area contributed by atoms with E-state index in [0.29, 0.717) is 0 Å². The van der Waals surface area contributed by atoms with Gasteiger partial charge in [-0.3, -0.25) is 9.59 Å². The monoisotopic (exact) mass is 255 g/mol. The zero-order valence-electron chi connectivity index (χ0n) is 10.8. The molecular weight excluding hydrogens is 234 g/mol. The molecule has 0 saturated heterocycles. The molecule has 17 heavy (non-hydrogen) atoms. The van der Waals surface area contributed by atoms with Crippen molar-refractivity contribution in [3.05, 3.63) is 12.2 Å². The van der Waals surface area contributed by atoms with Gasteiger partial charge < -0.3 is 5.32 Å². The molecule has 1 aliphatic rings. The molecule has 0 aliphatic heterocycles. The SMILES string of the molecule is CNC(=O)C1C/C=C/C(C)(C(=O)SC)CCC1. The minimum atomic E-state index is -0.354. The van der Waals surface area contributed by atoms with Crippen molar-refractivity contribution >= 4 is 22.8 Å². The van der Waals surface area contributed by atoms with Crippen molar-refractivity contribution < 1.29 is 9.59 Å². The molecule has 0 heterocycles. The molecule has 0 saturated carbocycles. The summed E-state index contributed by atoms with van der Waals surface area (Å²) in [6.45, 7) is 1.99. The molecule has 2 atom stereocenters. The Morgan fingerprint density at radius 1 is 1.47 bits per heavy atom. The number of amides is 1. The van der Waals surface area contributed by atoms with E-state index in [2.05, 4.69) is 5.32 Å². The summed E-state index contributed by atoms with van der Waals surface area (Å²) in [5.74, 6) is 0.166. The summed E-state index contributed by atoms with van der Waals surface area (Å²) in [4.78, 5) is 23.4. The van der Waals surface area contributed by atoms with E-state index in [1.165, 1.54) is 11.8 Å². The van der Waals surface area contributed by atoms with Gasteiger partial charge in [0.15, 0.2) is 5.12 Å². The maximum absolute atomic E-state index is 11.9. The number of nitrogens with one attached hydrogen (secondary N) is 1. The highest BCUT2D eigenvalue weighted by Crippen LogP contribution is 2.34. The number of thioether (sulfide) groups is 1. The van der Waals surface area contributed by atoms with Crippen molar-refractivity contribution in [3.63, 3.8) is 0 Å². The van der Waals surface area contributed by atoms with Gasteiger partial charge >= 0.3 is 0 Å². The number of allylic oxidation sites excluding steroid dienone is 2. The molecule has 1 amide bonds. The van der Waals surface area contributed by atoms with E-state index in [1.807, 2.05) is 25.3 Å². The fourth-order valence-electron chi connectivity index (χ4n) is 2.25. The van der Waals surface area contributed by atoms with Crippen molar-refractivity contribution in [2.75, 3.05) is 13.3 Å². The lowest BCUT2D eigenvalue weighted by molar-refractivity contribution is -0.124. The summed E-state index contributed by atoms with van der Waals surface area (Å²) in [5.41, 5.74) is -0.354. The van der Waals surface area contributed by atoms with Crippen LogP contribution in [-0.2, 0) is 9.59 Å². The zero-order chi connectivity index (χ0) is 12.9. The maximum Gasteiger partial charge on any atom is 0.223 e. The molecule has 1 aliphatic carbocycles. The predicted molar refractivity (Wildman–Crippen MR) is 71.8 cm³/mol. The molecule has 4 heteroatoms. The van der Waals surface area contributed by atoms with E-state index in [-0.39, 0.29) is 22.4 Å². The molecule has 0 aromatic carbocycles. The summed E-state index contributed by atoms with van der Waals surface area (Å²) in [7, 11) is 1.67. The first-order chi connectivity index (χ1) is 8.03. The van der Waals surface area contributed by atoms with Crippen molar-refractivity contribution in [3.8, 4) is 0 Å². The molecule has 0 bridgehead atoms. The molecular formula is C13H21NO2S. The average Bonchev–Trinajstić information content (AvgIpc) is 2.31. The number of hydrogen-bond acceptors (Lipinski definition) is 3. The second-order valence-corrected chi connectivity index (χ2v) is 5.53. The lowest BCUT2D eigenvalue weighted by Gasteiger charge is -2.26. The topological polar surface area (TPSA) is 46.2 Å². The van der Waals surface area contributed by atoms with Gasteiger partial charge in [0.25, 0.3) is 0 Å². The maximum atomic E-state index is 11.9. The molecule has 1 N–H and O–H groups in total. The van der Waals surface area contributed by atoms with Crippen LogP contribution in [0.1, 0.15) is 32.6 Å². The van der Waals surface area contributed by atoms with Crippen LogP contribution in [0, 0.1) is 11.3 Å². The first kappa shape index (κ1) is 14.3. The Labute approximate surface area is 107 Å². The van der Waals surface area contributed by atoms with Crippen LogP contribution in [0.15, 0.2) is 12.2 Å². The van der Waals surface area contributed by atoms with Crippen LogP contribution >= 0.6 is 11.8 Å². The summed E-state index contributed by atoms with van der Waals surface area (Å²) >= 11 is 1.29. The Morgan fingerprint density at radius 2 is 2.18 bits per heavy atom. The number of hydrogen-bond donors (Lipinski definition) is 1. The second kappa shape index (κ2) is 6.24. The molecule has 3 nitrogen and oxygen atoms in total. The first-order valence-electron chi connectivity index (χ1n) is 6.01. The summed E-state index contributed by atoms with van der Waals surface area (Å²) in [6.07, 6.45) is 9.15. The van der Waals surface area contributed by atoms with Crippen LogP contribution < -0.4 is 5.32 Å². The van der Waals surface area contributed by atoms with Crippen molar-refractivity contribution in [2.24, 2.45) is 11.3 Å². The van der Waals surface area contributed by atoms with E-state index in [9.17, 15) is 9.59 Å².